The first-order valence-corrected chi connectivity index (χ1v) is 11.1. The van der Waals surface area contributed by atoms with E-state index in [2.05, 4.69) is 10.6 Å². The molecule has 4 amide bonds. The summed E-state index contributed by atoms with van der Waals surface area (Å²) in [7, 11) is 1.64. The van der Waals surface area contributed by atoms with Crippen LogP contribution in [0.5, 0.6) is 0 Å². The van der Waals surface area contributed by atoms with Gasteiger partial charge in [0.05, 0.1) is 23.9 Å². The molecule has 3 rings (SSSR count). The molecule has 2 heterocycles. The summed E-state index contributed by atoms with van der Waals surface area (Å²) in [4.78, 5) is 42.3. The average Bonchev–Trinajstić information content (AvgIpc) is 3.05. The molecule has 0 saturated heterocycles. The number of hydrogen-bond donors (Lipinski definition) is 2. The van der Waals surface area contributed by atoms with Crippen LogP contribution in [-0.4, -0.2) is 53.8 Å². The normalized spacial score (nSPS) is 19.8. The molecule has 8 heteroatoms. The number of nitrogens with zero attached hydrogens (tertiary/aromatic N) is 2. The Morgan fingerprint density at radius 1 is 1.19 bits per heavy atom. The molecule has 168 valence electrons. The van der Waals surface area contributed by atoms with Gasteiger partial charge in [-0.05, 0) is 29.9 Å². The van der Waals surface area contributed by atoms with Gasteiger partial charge in [0.25, 0.3) is 5.91 Å². The number of hydrogen-bond acceptors (Lipinski definition) is 3. The van der Waals surface area contributed by atoms with Gasteiger partial charge in [0.2, 0.25) is 5.91 Å². The van der Waals surface area contributed by atoms with Crippen LogP contribution < -0.4 is 10.6 Å². The largest absolute Gasteiger partial charge is 0.354 e. The second-order valence-electron chi connectivity index (χ2n) is 9.04. The molecule has 2 aliphatic rings. The molecule has 2 aliphatic heterocycles. The van der Waals surface area contributed by atoms with E-state index >= 15 is 0 Å². The highest BCUT2D eigenvalue weighted by molar-refractivity contribution is 6.31. The molecule has 0 unspecified atom stereocenters. The Morgan fingerprint density at radius 3 is 2.48 bits per heavy atom. The Kier molecular flexibility index (Phi) is 6.94. The molecule has 0 spiro atoms. The lowest BCUT2D eigenvalue weighted by molar-refractivity contribution is -0.137. The molecule has 0 bridgehead atoms. The molecule has 2 N–H and O–H groups in total. The van der Waals surface area contributed by atoms with Crippen LogP contribution in [0.1, 0.15) is 45.7 Å². The number of likely N-dealkylation sites (N-methyl/N-ethyl adjacent to an activating group) is 1. The summed E-state index contributed by atoms with van der Waals surface area (Å²) in [5, 5.41) is 6.34. The third-order valence-corrected chi connectivity index (χ3v) is 6.01. The van der Waals surface area contributed by atoms with Crippen molar-refractivity contribution in [3.63, 3.8) is 0 Å². The van der Waals surface area contributed by atoms with Gasteiger partial charge >= 0.3 is 6.03 Å². The highest BCUT2D eigenvalue weighted by atomic mass is 35.5. The molecule has 0 fully saturated rings. The van der Waals surface area contributed by atoms with E-state index in [1.807, 2.05) is 33.8 Å². The van der Waals surface area contributed by atoms with Crippen molar-refractivity contribution < 1.29 is 14.4 Å². The van der Waals surface area contributed by atoms with Crippen molar-refractivity contribution in [3.05, 3.63) is 46.1 Å². The second kappa shape index (κ2) is 9.30. The number of carbonyl (C=O) groups excluding carboxylic acids is 3. The molecule has 0 aromatic heterocycles. The van der Waals surface area contributed by atoms with E-state index in [9.17, 15) is 14.4 Å². The molecule has 1 aromatic rings. The first-order chi connectivity index (χ1) is 14.6. The first-order valence-electron chi connectivity index (χ1n) is 10.7. The van der Waals surface area contributed by atoms with E-state index in [4.69, 9.17) is 11.6 Å². The predicted molar refractivity (Wildman–Crippen MR) is 120 cm³/mol. The molecule has 0 saturated carbocycles. The Morgan fingerprint density at radius 2 is 1.87 bits per heavy atom. The molecule has 0 aliphatic carbocycles. The molecular weight excluding hydrogens is 416 g/mol. The minimum Gasteiger partial charge on any atom is -0.354 e. The SMILES string of the molecule is CC(C)CNC(=O)[C@@H](CC(C)C)N1CC2=C(C1=O)[C@@H](c1ccccc1Cl)NC(=O)N2C. The van der Waals surface area contributed by atoms with Gasteiger partial charge < -0.3 is 15.5 Å². The minimum atomic E-state index is -0.650. The average molecular weight is 447 g/mol. The zero-order valence-electron chi connectivity index (χ0n) is 18.7. The molecule has 7 nitrogen and oxygen atoms in total. The van der Waals surface area contributed by atoms with Crippen molar-refractivity contribution in [2.75, 3.05) is 20.1 Å². The van der Waals surface area contributed by atoms with E-state index in [-0.39, 0.29) is 30.3 Å². The summed E-state index contributed by atoms with van der Waals surface area (Å²) in [6, 6.07) is 5.61. The first kappa shape index (κ1) is 23.1. The highest BCUT2D eigenvalue weighted by Crippen LogP contribution is 2.39. The third-order valence-electron chi connectivity index (χ3n) is 5.66. The van der Waals surface area contributed by atoms with Crippen molar-refractivity contribution in [3.8, 4) is 0 Å². The quantitative estimate of drug-likeness (QED) is 0.674. The smallest absolute Gasteiger partial charge is 0.322 e. The maximum atomic E-state index is 13.6. The van der Waals surface area contributed by atoms with Gasteiger partial charge in [-0.15, -0.1) is 0 Å². The summed E-state index contributed by atoms with van der Waals surface area (Å²) in [6.07, 6.45) is 0.540. The molecular formula is C23H31ClN4O3. The van der Waals surface area contributed by atoms with Gasteiger partial charge in [-0.25, -0.2) is 4.79 Å². The maximum absolute atomic E-state index is 13.6. The van der Waals surface area contributed by atoms with Crippen LogP contribution in [0.2, 0.25) is 5.02 Å². The zero-order valence-corrected chi connectivity index (χ0v) is 19.5. The van der Waals surface area contributed by atoms with E-state index in [0.29, 0.717) is 40.7 Å². The van der Waals surface area contributed by atoms with Crippen molar-refractivity contribution in [2.24, 2.45) is 11.8 Å². The van der Waals surface area contributed by atoms with Crippen LogP contribution in [0.25, 0.3) is 0 Å². The standard InChI is InChI=1S/C23H31ClN4O3/c1-13(2)10-17(21(29)25-11-14(3)4)28-12-18-19(22(28)30)20(26-23(31)27(18)5)15-8-6-7-9-16(15)24/h6-9,13-14,17,20H,10-12H2,1-5H3,(H,25,29)(H,26,31)/t17-,20-/m1/s1. The predicted octanol–water partition coefficient (Wildman–Crippen LogP) is 3.32. The Hall–Kier alpha value is -2.54. The fourth-order valence-electron chi connectivity index (χ4n) is 4.03. The number of halogens is 1. The van der Waals surface area contributed by atoms with Crippen LogP contribution in [-0.2, 0) is 9.59 Å². The van der Waals surface area contributed by atoms with Crippen LogP contribution in [0, 0.1) is 11.8 Å². The van der Waals surface area contributed by atoms with Crippen molar-refractivity contribution >= 4 is 29.4 Å². The number of amides is 4. The van der Waals surface area contributed by atoms with E-state index < -0.39 is 12.1 Å². The third kappa shape index (κ3) is 4.71. The van der Waals surface area contributed by atoms with Crippen molar-refractivity contribution in [1.29, 1.82) is 0 Å². The number of urea groups is 1. The summed E-state index contributed by atoms with van der Waals surface area (Å²) < 4.78 is 0. The lowest BCUT2D eigenvalue weighted by Crippen LogP contribution is -2.49. The van der Waals surface area contributed by atoms with Gasteiger partial charge in [0, 0.05) is 18.6 Å². The lowest BCUT2D eigenvalue weighted by atomic mass is 9.95. The maximum Gasteiger partial charge on any atom is 0.322 e. The Balaban J connectivity index is 1.96. The lowest BCUT2D eigenvalue weighted by Gasteiger charge is -2.31. The van der Waals surface area contributed by atoms with Crippen LogP contribution >= 0.6 is 11.6 Å². The summed E-state index contributed by atoms with van der Waals surface area (Å²) >= 11 is 6.39. The number of nitrogens with one attached hydrogen (secondary N) is 2. The number of benzene rings is 1. The Bertz CT molecular complexity index is 912. The Labute approximate surface area is 188 Å². The highest BCUT2D eigenvalue weighted by Gasteiger charge is 2.46. The fraction of sp³-hybridized carbons (Fsp3) is 0.522. The fourth-order valence-corrected chi connectivity index (χ4v) is 4.27. The van der Waals surface area contributed by atoms with Gasteiger partial charge in [0.15, 0.2) is 0 Å². The monoisotopic (exact) mass is 446 g/mol. The van der Waals surface area contributed by atoms with Gasteiger partial charge in [-0.1, -0.05) is 57.5 Å². The molecule has 1 aromatic carbocycles. The van der Waals surface area contributed by atoms with Gasteiger partial charge in [0.1, 0.15) is 6.04 Å². The van der Waals surface area contributed by atoms with Crippen LogP contribution in [0.3, 0.4) is 0 Å². The number of rotatable bonds is 7. The van der Waals surface area contributed by atoms with E-state index in [1.54, 1.807) is 30.1 Å². The van der Waals surface area contributed by atoms with E-state index in [1.165, 1.54) is 4.90 Å². The van der Waals surface area contributed by atoms with Crippen molar-refractivity contribution in [2.45, 2.75) is 46.2 Å². The molecule has 31 heavy (non-hydrogen) atoms. The van der Waals surface area contributed by atoms with E-state index in [0.717, 1.165) is 0 Å². The van der Waals surface area contributed by atoms with Gasteiger partial charge in [-0.2, -0.15) is 0 Å². The summed E-state index contributed by atoms with van der Waals surface area (Å²) in [6.45, 7) is 8.87. The second-order valence-corrected chi connectivity index (χ2v) is 9.45. The summed E-state index contributed by atoms with van der Waals surface area (Å²) in [5.74, 6) is 0.128. The van der Waals surface area contributed by atoms with Gasteiger partial charge in [-0.3, -0.25) is 14.5 Å². The molecule has 2 atom stereocenters. The van der Waals surface area contributed by atoms with Crippen LogP contribution in [0.4, 0.5) is 4.79 Å². The minimum absolute atomic E-state index is 0.160. The van der Waals surface area contributed by atoms with Crippen molar-refractivity contribution in [1.82, 2.24) is 20.4 Å². The number of carbonyl (C=O) groups is 3. The summed E-state index contributed by atoms with van der Waals surface area (Å²) in [5.41, 5.74) is 1.75. The van der Waals surface area contributed by atoms with Crippen LogP contribution in [0.15, 0.2) is 35.5 Å². The topological polar surface area (TPSA) is 81.8 Å². The zero-order chi connectivity index (χ0) is 22.9. The molecule has 0 radical (unpaired) electrons.